The lowest BCUT2D eigenvalue weighted by Crippen LogP contribution is -2.41. The zero-order valence-corrected chi connectivity index (χ0v) is 13.4. The fourth-order valence-electron chi connectivity index (χ4n) is 3.16. The second kappa shape index (κ2) is 6.73. The smallest absolute Gasteiger partial charge is 0.324 e. The Labute approximate surface area is 144 Å². The maximum Gasteiger partial charge on any atom is 0.334 e. The van der Waals surface area contributed by atoms with Crippen LogP contribution in [-0.2, 0) is 14.4 Å². The summed E-state index contributed by atoms with van der Waals surface area (Å²) in [4.78, 5) is 50.3. The van der Waals surface area contributed by atoms with E-state index in [1.165, 1.54) is 6.07 Å². The summed E-state index contributed by atoms with van der Waals surface area (Å²) in [5, 5.41) is 11.4. The summed E-state index contributed by atoms with van der Waals surface area (Å²) in [6, 6.07) is 7.20. The van der Waals surface area contributed by atoms with Crippen molar-refractivity contribution >= 4 is 29.4 Å². The van der Waals surface area contributed by atoms with Crippen molar-refractivity contribution in [2.24, 2.45) is 0 Å². The molecule has 0 atom stereocenters. The molecule has 2 aliphatic rings. The summed E-state index contributed by atoms with van der Waals surface area (Å²) >= 11 is 0. The number of amides is 5. The van der Waals surface area contributed by atoms with Crippen LogP contribution in [-0.4, -0.2) is 46.1 Å². The highest BCUT2D eigenvalue weighted by Gasteiger charge is 2.48. The number of hydrogen-bond donors (Lipinski definition) is 1. The number of rotatable bonds is 4. The van der Waals surface area contributed by atoms with Gasteiger partial charge in [0.05, 0.1) is 11.6 Å². The van der Waals surface area contributed by atoms with E-state index in [2.05, 4.69) is 5.32 Å². The molecule has 0 unspecified atom stereocenters. The van der Waals surface area contributed by atoms with Crippen molar-refractivity contribution in [2.75, 3.05) is 11.9 Å². The van der Waals surface area contributed by atoms with Crippen LogP contribution in [0.3, 0.4) is 0 Å². The number of nitrogens with zero attached hydrogens (tertiary/aromatic N) is 3. The molecule has 0 radical (unpaired) electrons. The van der Waals surface area contributed by atoms with Crippen LogP contribution in [0.15, 0.2) is 24.3 Å². The van der Waals surface area contributed by atoms with Crippen LogP contribution in [0.1, 0.15) is 31.2 Å². The Morgan fingerprint density at radius 1 is 1.20 bits per heavy atom. The van der Waals surface area contributed by atoms with Crippen molar-refractivity contribution in [3.8, 4) is 6.07 Å². The van der Waals surface area contributed by atoms with Crippen LogP contribution in [0.25, 0.3) is 0 Å². The average molecular weight is 340 g/mol. The molecule has 2 fully saturated rings. The predicted molar refractivity (Wildman–Crippen MR) is 86.0 cm³/mol. The molecule has 1 aliphatic heterocycles. The lowest BCUT2D eigenvalue weighted by atomic mass is 10.2. The van der Waals surface area contributed by atoms with Crippen LogP contribution in [0, 0.1) is 11.3 Å². The van der Waals surface area contributed by atoms with Gasteiger partial charge in [-0.2, -0.15) is 5.26 Å². The number of carbonyl (C=O) groups excluding carboxylic acids is 4. The molecule has 1 aliphatic carbocycles. The maximum absolute atomic E-state index is 12.4. The highest BCUT2D eigenvalue weighted by molar-refractivity contribution is 6.45. The minimum atomic E-state index is -0.974. The van der Waals surface area contributed by atoms with Crippen molar-refractivity contribution in [3.63, 3.8) is 0 Å². The van der Waals surface area contributed by atoms with Crippen LogP contribution in [0.2, 0.25) is 0 Å². The Hall–Kier alpha value is -3.21. The molecular formula is C17H16N4O4. The lowest BCUT2D eigenvalue weighted by molar-refractivity contribution is -0.144. The molecule has 8 heteroatoms. The zero-order chi connectivity index (χ0) is 18.0. The molecule has 1 saturated carbocycles. The van der Waals surface area contributed by atoms with E-state index in [0.29, 0.717) is 29.0 Å². The van der Waals surface area contributed by atoms with Gasteiger partial charge in [-0.1, -0.05) is 18.9 Å². The van der Waals surface area contributed by atoms with Gasteiger partial charge < -0.3 is 5.32 Å². The minimum Gasteiger partial charge on any atom is -0.324 e. The third-order valence-corrected chi connectivity index (χ3v) is 4.35. The maximum atomic E-state index is 12.4. The molecular weight excluding hydrogens is 324 g/mol. The van der Waals surface area contributed by atoms with Gasteiger partial charge in [0, 0.05) is 11.7 Å². The van der Waals surface area contributed by atoms with Gasteiger partial charge in [-0.25, -0.2) is 9.69 Å². The van der Waals surface area contributed by atoms with Crippen molar-refractivity contribution in [2.45, 2.75) is 31.7 Å². The summed E-state index contributed by atoms with van der Waals surface area (Å²) in [5.41, 5.74) is 0.746. The topological polar surface area (TPSA) is 111 Å². The first-order chi connectivity index (χ1) is 12.0. The first-order valence-electron chi connectivity index (χ1n) is 8.00. The molecule has 5 amide bonds. The normalized spacial score (nSPS) is 18.0. The molecule has 1 heterocycles. The lowest BCUT2D eigenvalue weighted by Gasteiger charge is -2.20. The Morgan fingerprint density at radius 2 is 1.92 bits per heavy atom. The number of urea groups is 1. The van der Waals surface area contributed by atoms with E-state index in [-0.39, 0.29) is 6.04 Å². The van der Waals surface area contributed by atoms with E-state index < -0.39 is 30.3 Å². The molecule has 128 valence electrons. The molecule has 1 aromatic rings. The fourth-order valence-corrected chi connectivity index (χ4v) is 3.16. The highest BCUT2D eigenvalue weighted by Crippen LogP contribution is 2.27. The average Bonchev–Trinajstić information content (AvgIpc) is 3.19. The molecule has 3 rings (SSSR count). The summed E-state index contributed by atoms with van der Waals surface area (Å²) in [6.07, 6.45) is 3.19. The van der Waals surface area contributed by atoms with Gasteiger partial charge in [0.15, 0.2) is 0 Å². The van der Waals surface area contributed by atoms with Crippen LogP contribution >= 0.6 is 0 Å². The van der Waals surface area contributed by atoms with E-state index in [9.17, 15) is 19.2 Å². The first-order valence-corrected chi connectivity index (χ1v) is 8.00. The highest BCUT2D eigenvalue weighted by atomic mass is 16.2. The van der Waals surface area contributed by atoms with Crippen LogP contribution in [0.5, 0.6) is 0 Å². The van der Waals surface area contributed by atoms with Crippen LogP contribution < -0.4 is 5.32 Å². The second-order valence-corrected chi connectivity index (χ2v) is 6.03. The van der Waals surface area contributed by atoms with Crippen LogP contribution in [0.4, 0.5) is 10.5 Å². The molecule has 0 spiro atoms. The van der Waals surface area contributed by atoms with Gasteiger partial charge in [-0.3, -0.25) is 19.3 Å². The predicted octanol–water partition coefficient (Wildman–Crippen LogP) is 1.23. The summed E-state index contributed by atoms with van der Waals surface area (Å²) in [7, 11) is 0. The molecule has 8 nitrogen and oxygen atoms in total. The molecule has 25 heavy (non-hydrogen) atoms. The van der Waals surface area contributed by atoms with E-state index >= 15 is 0 Å². The molecule has 1 saturated heterocycles. The fraction of sp³-hybridized carbons (Fsp3) is 0.353. The Balaban J connectivity index is 1.68. The Morgan fingerprint density at radius 3 is 2.60 bits per heavy atom. The zero-order valence-electron chi connectivity index (χ0n) is 13.4. The standard InChI is InChI=1S/C17H16N4O4/c18-9-11-4-3-5-12(8-11)19-14(22)10-20-15(23)16(24)21(17(20)25)13-6-1-2-7-13/h3-5,8,13H,1-2,6-7,10H2,(H,19,22). The molecule has 1 N–H and O–H groups in total. The Bertz CT molecular complexity index is 792. The van der Waals surface area contributed by atoms with Gasteiger partial charge >= 0.3 is 17.8 Å². The molecule has 1 aromatic carbocycles. The number of imide groups is 2. The van der Waals surface area contributed by atoms with Crippen molar-refractivity contribution in [3.05, 3.63) is 29.8 Å². The third-order valence-electron chi connectivity index (χ3n) is 4.35. The summed E-state index contributed by atoms with van der Waals surface area (Å²) in [5.74, 6) is -2.45. The molecule has 0 bridgehead atoms. The number of hydrogen-bond acceptors (Lipinski definition) is 5. The van der Waals surface area contributed by atoms with E-state index in [1.54, 1.807) is 18.2 Å². The van der Waals surface area contributed by atoms with E-state index in [4.69, 9.17) is 5.26 Å². The number of nitriles is 1. The second-order valence-electron chi connectivity index (χ2n) is 6.03. The largest absolute Gasteiger partial charge is 0.334 e. The van der Waals surface area contributed by atoms with Crippen molar-refractivity contribution in [1.82, 2.24) is 9.80 Å². The van der Waals surface area contributed by atoms with Gasteiger partial charge in [-0.15, -0.1) is 0 Å². The van der Waals surface area contributed by atoms with Crippen molar-refractivity contribution < 1.29 is 19.2 Å². The number of benzene rings is 1. The quantitative estimate of drug-likeness (QED) is 0.655. The number of carbonyl (C=O) groups is 4. The third kappa shape index (κ3) is 3.21. The Kier molecular flexibility index (Phi) is 4.48. The minimum absolute atomic E-state index is 0.260. The van der Waals surface area contributed by atoms with Crippen molar-refractivity contribution in [1.29, 1.82) is 5.26 Å². The SMILES string of the molecule is N#Cc1cccc(NC(=O)CN2C(=O)C(=O)N(C3CCCC3)C2=O)c1. The van der Waals surface area contributed by atoms with Gasteiger partial charge in [0.2, 0.25) is 5.91 Å². The number of anilines is 1. The number of nitrogens with one attached hydrogen (secondary N) is 1. The van der Waals surface area contributed by atoms with Gasteiger partial charge in [0.25, 0.3) is 0 Å². The van der Waals surface area contributed by atoms with Gasteiger partial charge in [0.1, 0.15) is 6.54 Å². The van der Waals surface area contributed by atoms with E-state index in [1.807, 2.05) is 6.07 Å². The van der Waals surface area contributed by atoms with Gasteiger partial charge in [-0.05, 0) is 31.0 Å². The van der Waals surface area contributed by atoms with E-state index in [0.717, 1.165) is 17.7 Å². The summed E-state index contributed by atoms with van der Waals surface area (Å²) in [6.45, 7) is -0.538. The monoisotopic (exact) mass is 340 g/mol. The first kappa shape index (κ1) is 16.6. The summed E-state index contributed by atoms with van der Waals surface area (Å²) < 4.78 is 0. The molecule has 0 aromatic heterocycles.